The van der Waals surface area contributed by atoms with Gasteiger partial charge in [-0.2, -0.15) is 0 Å². The molecule has 0 saturated heterocycles. The first-order valence-electron chi connectivity index (χ1n) is 8.78. The standard InChI is InChI=1S/C17H32N2O/c1-18-14-8-13-17(20)19(15-9-4-2-5-10-15)16-11-6-3-7-12-16/h15-16,18H,2-14H2,1H3. The van der Waals surface area contributed by atoms with Crippen LogP contribution in [-0.2, 0) is 4.79 Å². The summed E-state index contributed by atoms with van der Waals surface area (Å²) >= 11 is 0. The molecule has 0 spiro atoms. The van der Waals surface area contributed by atoms with E-state index in [1.54, 1.807) is 0 Å². The Kier molecular flexibility index (Phi) is 6.85. The van der Waals surface area contributed by atoms with Crippen LogP contribution in [0.15, 0.2) is 0 Å². The maximum Gasteiger partial charge on any atom is 0.223 e. The van der Waals surface area contributed by atoms with Crippen molar-refractivity contribution >= 4 is 5.91 Å². The van der Waals surface area contributed by atoms with Gasteiger partial charge in [0.2, 0.25) is 5.91 Å². The number of amides is 1. The predicted octanol–water partition coefficient (Wildman–Crippen LogP) is 3.48. The van der Waals surface area contributed by atoms with Crippen LogP contribution in [0.25, 0.3) is 0 Å². The van der Waals surface area contributed by atoms with Crippen LogP contribution < -0.4 is 5.32 Å². The highest BCUT2D eigenvalue weighted by Crippen LogP contribution is 2.30. The summed E-state index contributed by atoms with van der Waals surface area (Å²) in [5, 5.41) is 3.15. The summed E-state index contributed by atoms with van der Waals surface area (Å²) in [7, 11) is 1.96. The topological polar surface area (TPSA) is 32.3 Å². The molecule has 2 fully saturated rings. The van der Waals surface area contributed by atoms with Gasteiger partial charge in [-0.1, -0.05) is 38.5 Å². The summed E-state index contributed by atoms with van der Waals surface area (Å²) in [6, 6.07) is 1.10. The third-order valence-corrected chi connectivity index (χ3v) is 5.04. The number of rotatable bonds is 6. The highest BCUT2D eigenvalue weighted by atomic mass is 16.2. The number of nitrogens with one attached hydrogen (secondary N) is 1. The quantitative estimate of drug-likeness (QED) is 0.756. The van der Waals surface area contributed by atoms with Crippen molar-refractivity contribution in [2.75, 3.05) is 13.6 Å². The van der Waals surface area contributed by atoms with E-state index in [1.807, 2.05) is 7.05 Å². The first-order chi connectivity index (χ1) is 9.83. The van der Waals surface area contributed by atoms with E-state index in [-0.39, 0.29) is 0 Å². The van der Waals surface area contributed by atoms with Crippen molar-refractivity contribution in [3.05, 3.63) is 0 Å². The molecule has 3 nitrogen and oxygen atoms in total. The normalized spacial score (nSPS) is 21.9. The van der Waals surface area contributed by atoms with E-state index in [4.69, 9.17) is 0 Å². The number of nitrogens with zero attached hydrogens (tertiary/aromatic N) is 1. The third kappa shape index (κ3) is 4.47. The predicted molar refractivity (Wildman–Crippen MR) is 83.8 cm³/mol. The lowest BCUT2D eigenvalue weighted by molar-refractivity contribution is -0.138. The second-order valence-electron chi connectivity index (χ2n) is 6.59. The zero-order valence-corrected chi connectivity index (χ0v) is 13.2. The van der Waals surface area contributed by atoms with Gasteiger partial charge in [0.1, 0.15) is 0 Å². The summed E-state index contributed by atoms with van der Waals surface area (Å²) in [5.74, 6) is 0.430. The van der Waals surface area contributed by atoms with Gasteiger partial charge in [-0.05, 0) is 45.7 Å². The molecule has 0 aromatic carbocycles. The lowest BCUT2D eigenvalue weighted by Gasteiger charge is -2.42. The van der Waals surface area contributed by atoms with Crippen LogP contribution in [0.1, 0.15) is 77.0 Å². The lowest BCUT2D eigenvalue weighted by Crippen LogP contribution is -2.48. The van der Waals surface area contributed by atoms with E-state index < -0.39 is 0 Å². The van der Waals surface area contributed by atoms with Gasteiger partial charge < -0.3 is 10.2 Å². The molecule has 0 radical (unpaired) electrons. The Morgan fingerprint density at radius 3 is 1.90 bits per heavy atom. The fourth-order valence-corrected chi connectivity index (χ4v) is 3.97. The molecular weight excluding hydrogens is 248 g/mol. The van der Waals surface area contributed by atoms with Crippen molar-refractivity contribution in [2.24, 2.45) is 0 Å². The van der Waals surface area contributed by atoms with Gasteiger partial charge in [-0.15, -0.1) is 0 Å². The van der Waals surface area contributed by atoms with E-state index in [1.165, 1.54) is 64.2 Å². The van der Waals surface area contributed by atoms with Gasteiger partial charge >= 0.3 is 0 Å². The SMILES string of the molecule is CNCCCC(=O)N(C1CCCCC1)C1CCCCC1. The molecule has 1 amide bonds. The van der Waals surface area contributed by atoms with E-state index in [9.17, 15) is 4.79 Å². The second-order valence-corrected chi connectivity index (χ2v) is 6.59. The van der Waals surface area contributed by atoms with Crippen molar-refractivity contribution in [3.63, 3.8) is 0 Å². The Morgan fingerprint density at radius 1 is 0.950 bits per heavy atom. The highest BCUT2D eigenvalue weighted by molar-refractivity contribution is 5.77. The zero-order valence-electron chi connectivity index (χ0n) is 13.2. The lowest BCUT2D eigenvalue weighted by atomic mass is 9.88. The van der Waals surface area contributed by atoms with Gasteiger partial charge in [-0.25, -0.2) is 0 Å². The van der Waals surface area contributed by atoms with Crippen LogP contribution >= 0.6 is 0 Å². The van der Waals surface area contributed by atoms with Crippen LogP contribution in [0.3, 0.4) is 0 Å². The minimum atomic E-state index is 0.430. The molecule has 0 atom stereocenters. The average molecular weight is 280 g/mol. The molecular formula is C17H32N2O. The first kappa shape index (κ1) is 15.8. The highest BCUT2D eigenvalue weighted by Gasteiger charge is 2.31. The molecule has 20 heavy (non-hydrogen) atoms. The molecule has 0 bridgehead atoms. The number of carbonyl (C=O) groups is 1. The largest absolute Gasteiger partial charge is 0.337 e. The molecule has 0 heterocycles. The molecule has 2 aliphatic carbocycles. The number of hydrogen-bond acceptors (Lipinski definition) is 2. The summed E-state index contributed by atoms with van der Waals surface area (Å²) < 4.78 is 0. The van der Waals surface area contributed by atoms with Gasteiger partial charge in [0.25, 0.3) is 0 Å². The monoisotopic (exact) mass is 280 g/mol. The summed E-state index contributed by atoms with van der Waals surface area (Å²) in [6.45, 7) is 0.953. The van der Waals surface area contributed by atoms with E-state index >= 15 is 0 Å². The van der Waals surface area contributed by atoms with Crippen LogP contribution in [-0.4, -0.2) is 36.5 Å². The molecule has 1 N–H and O–H groups in total. The molecule has 0 aromatic heterocycles. The molecule has 0 unspecified atom stereocenters. The van der Waals surface area contributed by atoms with Crippen molar-refractivity contribution < 1.29 is 4.79 Å². The van der Waals surface area contributed by atoms with Gasteiger partial charge in [0, 0.05) is 18.5 Å². The van der Waals surface area contributed by atoms with Crippen LogP contribution in [0.2, 0.25) is 0 Å². The molecule has 2 saturated carbocycles. The summed E-state index contributed by atoms with van der Waals surface area (Å²) in [6.07, 6.45) is 14.7. The Bertz CT molecular complexity index is 263. The number of hydrogen-bond donors (Lipinski definition) is 1. The zero-order chi connectivity index (χ0) is 14.2. The van der Waals surface area contributed by atoms with Crippen molar-refractivity contribution in [1.29, 1.82) is 0 Å². The summed E-state index contributed by atoms with van der Waals surface area (Å²) in [4.78, 5) is 15.1. The maximum atomic E-state index is 12.7. The third-order valence-electron chi connectivity index (χ3n) is 5.04. The van der Waals surface area contributed by atoms with Gasteiger partial charge in [-0.3, -0.25) is 4.79 Å². The fraction of sp³-hybridized carbons (Fsp3) is 0.941. The molecule has 2 aliphatic rings. The van der Waals surface area contributed by atoms with Crippen LogP contribution in [0.5, 0.6) is 0 Å². The Balaban J connectivity index is 1.95. The van der Waals surface area contributed by atoms with Crippen molar-refractivity contribution in [3.8, 4) is 0 Å². The van der Waals surface area contributed by atoms with Crippen molar-refractivity contribution in [1.82, 2.24) is 10.2 Å². The molecule has 2 rings (SSSR count). The van der Waals surface area contributed by atoms with E-state index in [0.717, 1.165) is 19.4 Å². The van der Waals surface area contributed by atoms with Gasteiger partial charge in [0.15, 0.2) is 0 Å². The number of carbonyl (C=O) groups excluding carboxylic acids is 1. The van der Waals surface area contributed by atoms with Crippen LogP contribution in [0.4, 0.5) is 0 Å². The van der Waals surface area contributed by atoms with E-state index in [2.05, 4.69) is 10.2 Å². The molecule has 3 heteroatoms. The minimum Gasteiger partial charge on any atom is -0.337 e. The fourth-order valence-electron chi connectivity index (χ4n) is 3.97. The molecule has 116 valence electrons. The molecule has 0 aliphatic heterocycles. The Morgan fingerprint density at radius 2 is 1.45 bits per heavy atom. The van der Waals surface area contributed by atoms with Crippen molar-refractivity contribution in [2.45, 2.75) is 89.1 Å². The van der Waals surface area contributed by atoms with Gasteiger partial charge in [0.05, 0.1) is 0 Å². The smallest absolute Gasteiger partial charge is 0.223 e. The van der Waals surface area contributed by atoms with E-state index in [0.29, 0.717) is 18.0 Å². The Hall–Kier alpha value is -0.570. The minimum absolute atomic E-state index is 0.430. The van der Waals surface area contributed by atoms with Crippen LogP contribution in [0, 0.1) is 0 Å². The average Bonchev–Trinajstić information content (AvgIpc) is 2.50. The first-order valence-corrected chi connectivity index (χ1v) is 8.78. The molecule has 0 aromatic rings. The second kappa shape index (κ2) is 8.66. The summed E-state index contributed by atoms with van der Waals surface area (Å²) in [5.41, 5.74) is 0. The maximum absolute atomic E-state index is 12.7. The Labute approximate surface area is 124 Å².